The highest BCUT2D eigenvalue weighted by Gasteiger charge is 2.02. The molecule has 0 saturated carbocycles. The molecule has 0 amide bonds. The fourth-order valence-electron chi connectivity index (χ4n) is 1.43. The molecule has 72 valence electrons. The third-order valence-corrected chi connectivity index (χ3v) is 2.77. The quantitative estimate of drug-likeness (QED) is 0.624. The van der Waals surface area contributed by atoms with E-state index in [2.05, 4.69) is 14.3 Å². The molecule has 0 aliphatic rings. The summed E-state index contributed by atoms with van der Waals surface area (Å²) in [5.41, 5.74) is 1.94. The molecule has 2 aromatic heterocycles. The number of para-hydroxylation sites is 1. The van der Waals surface area contributed by atoms with Crippen LogP contribution < -0.4 is 0 Å². The van der Waals surface area contributed by atoms with Gasteiger partial charge in [-0.1, -0.05) is 18.2 Å². The first kappa shape index (κ1) is 8.49. The van der Waals surface area contributed by atoms with Crippen molar-refractivity contribution >= 4 is 22.4 Å². The average Bonchev–Trinajstić information content (AvgIpc) is 2.82. The fraction of sp³-hybridized carbons (Fsp3) is 0. The van der Waals surface area contributed by atoms with Crippen LogP contribution in [0.2, 0.25) is 0 Å². The number of rotatable bonds is 1. The summed E-state index contributed by atoms with van der Waals surface area (Å²) in [6, 6.07) is 7.95. The summed E-state index contributed by atoms with van der Waals surface area (Å²) in [6.07, 6.45) is 3.63. The minimum absolute atomic E-state index is 0.738. The molecule has 0 N–H and O–H groups in total. The smallest absolute Gasteiger partial charge is 0.162 e. The van der Waals surface area contributed by atoms with Crippen molar-refractivity contribution in [3.05, 3.63) is 42.0 Å². The third kappa shape index (κ3) is 1.49. The van der Waals surface area contributed by atoms with Crippen molar-refractivity contribution in [2.24, 2.45) is 0 Å². The number of fused-ring (bicyclic) bond motifs is 1. The number of nitrogens with zero attached hydrogens (tertiary/aromatic N) is 3. The predicted octanol–water partition coefficient (Wildman–Crippen LogP) is 2.75. The van der Waals surface area contributed by atoms with E-state index in [1.54, 1.807) is 6.20 Å². The van der Waals surface area contributed by atoms with Crippen LogP contribution in [0.5, 0.6) is 0 Å². The molecule has 3 nitrogen and oxygen atoms in total. The first-order chi connectivity index (χ1) is 7.43. The molecule has 3 rings (SSSR count). The first-order valence-electron chi connectivity index (χ1n) is 4.55. The van der Waals surface area contributed by atoms with Crippen LogP contribution in [0.3, 0.4) is 0 Å². The Morgan fingerprint density at radius 1 is 1.07 bits per heavy atom. The number of hydrogen-bond donors (Lipinski definition) is 0. The highest BCUT2D eigenvalue weighted by atomic mass is 32.1. The molecule has 3 aromatic rings. The maximum atomic E-state index is 4.47. The van der Waals surface area contributed by atoms with Crippen molar-refractivity contribution in [2.45, 2.75) is 0 Å². The molecule has 2 heterocycles. The largest absolute Gasteiger partial charge is 0.236 e. The molecule has 1 aromatic carbocycles. The van der Waals surface area contributed by atoms with Gasteiger partial charge in [-0.3, -0.25) is 0 Å². The molecule has 0 spiro atoms. The molecule has 0 saturated heterocycles. The predicted molar refractivity (Wildman–Crippen MR) is 60.6 cm³/mol. The number of benzene rings is 1. The lowest BCUT2D eigenvalue weighted by Gasteiger charge is -1.98. The van der Waals surface area contributed by atoms with Crippen LogP contribution in [0.1, 0.15) is 0 Å². The molecule has 0 fully saturated rings. The monoisotopic (exact) mass is 213 g/mol. The maximum Gasteiger partial charge on any atom is 0.162 e. The van der Waals surface area contributed by atoms with E-state index in [0.29, 0.717) is 0 Å². The zero-order valence-corrected chi connectivity index (χ0v) is 8.61. The second-order valence-corrected chi connectivity index (χ2v) is 3.82. The van der Waals surface area contributed by atoms with Crippen molar-refractivity contribution in [1.82, 2.24) is 14.3 Å². The fourth-order valence-corrected chi connectivity index (χ4v) is 1.94. The molecule has 0 aliphatic heterocycles. The van der Waals surface area contributed by atoms with Gasteiger partial charge < -0.3 is 0 Å². The van der Waals surface area contributed by atoms with E-state index in [4.69, 9.17) is 0 Å². The highest BCUT2D eigenvalue weighted by molar-refractivity contribution is 7.03. The van der Waals surface area contributed by atoms with E-state index in [0.717, 1.165) is 22.3 Å². The molecule has 0 bridgehead atoms. The van der Waals surface area contributed by atoms with Crippen LogP contribution in [0.25, 0.3) is 22.3 Å². The van der Waals surface area contributed by atoms with Gasteiger partial charge in [-0.15, -0.1) is 0 Å². The van der Waals surface area contributed by atoms with Gasteiger partial charge in [-0.2, -0.15) is 0 Å². The van der Waals surface area contributed by atoms with E-state index >= 15 is 0 Å². The van der Waals surface area contributed by atoms with Gasteiger partial charge in [0.1, 0.15) is 0 Å². The minimum atomic E-state index is 0.738. The zero-order valence-electron chi connectivity index (χ0n) is 7.79. The Kier molecular flexibility index (Phi) is 1.93. The molecule has 0 radical (unpaired) electrons. The minimum Gasteiger partial charge on any atom is -0.236 e. The summed E-state index contributed by atoms with van der Waals surface area (Å²) in [5, 5.41) is 3.01. The lowest BCUT2D eigenvalue weighted by molar-refractivity contribution is 1.23. The standard InChI is InChI=1S/C11H7N3S/c1-2-4-10-8(3-1)5-12-11(14-10)9-6-13-15-7-9/h1-7H. The Morgan fingerprint density at radius 3 is 2.87 bits per heavy atom. The molecule has 15 heavy (non-hydrogen) atoms. The van der Waals surface area contributed by atoms with Crippen molar-refractivity contribution in [2.75, 3.05) is 0 Å². The van der Waals surface area contributed by atoms with Gasteiger partial charge in [0.2, 0.25) is 0 Å². The van der Waals surface area contributed by atoms with Gasteiger partial charge in [0.05, 0.1) is 11.7 Å². The van der Waals surface area contributed by atoms with Gasteiger partial charge in [0.25, 0.3) is 0 Å². The van der Waals surface area contributed by atoms with Gasteiger partial charge in [0.15, 0.2) is 5.82 Å². The average molecular weight is 213 g/mol. The molecular formula is C11H7N3S. The lowest BCUT2D eigenvalue weighted by atomic mass is 10.2. The van der Waals surface area contributed by atoms with Gasteiger partial charge in [-0.05, 0) is 17.6 Å². The van der Waals surface area contributed by atoms with Crippen LogP contribution in [-0.2, 0) is 0 Å². The maximum absolute atomic E-state index is 4.47. The number of hydrogen-bond acceptors (Lipinski definition) is 4. The summed E-state index contributed by atoms with van der Waals surface area (Å²) >= 11 is 1.41. The Hall–Kier alpha value is -1.81. The van der Waals surface area contributed by atoms with Crippen LogP contribution >= 0.6 is 11.5 Å². The molecule has 0 unspecified atom stereocenters. The Morgan fingerprint density at radius 2 is 2.00 bits per heavy atom. The second kappa shape index (κ2) is 3.40. The van der Waals surface area contributed by atoms with Crippen LogP contribution in [0.15, 0.2) is 42.0 Å². The molecular weight excluding hydrogens is 206 g/mol. The summed E-state index contributed by atoms with van der Waals surface area (Å²) in [4.78, 5) is 8.78. The topological polar surface area (TPSA) is 38.7 Å². The Balaban J connectivity index is 2.22. The van der Waals surface area contributed by atoms with E-state index in [1.165, 1.54) is 11.5 Å². The van der Waals surface area contributed by atoms with Crippen LogP contribution in [-0.4, -0.2) is 14.3 Å². The van der Waals surface area contributed by atoms with Crippen molar-refractivity contribution < 1.29 is 0 Å². The van der Waals surface area contributed by atoms with Gasteiger partial charge in [-0.25, -0.2) is 14.3 Å². The summed E-state index contributed by atoms with van der Waals surface area (Å²) in [6.45, 7) is 0. The van der Waals surface area contributed by atoms with Crippen molar-refractivity contribution in [1.29, 1.82) is 0 Å². The van der Waals surface area contributed by atoms with Crippen LogP contribution in [0.4, 0.5) is 0 Å². The molecule has 0 atom stereocenters. The number of aromatic nitrogens is 3. The van der Waals surface area contributed by atoms with E-state index < -0.39 is 0 Å². The normalized spacial score (nSPS) is 10.7. The summed E-state index contributed by atoms with van der Waals surface area (Å²) in [7, 11) is 0. The zero-order chi connectivity index (χ0) is 10.1. The SMILES string of the molecule is c1ccc2nc(-c3cnsc3)ncc2c1. The Labute approximate surface area is 90.6 Å². The van der Waals surface area contributed by atoms with E-state index in [9.17, 15) is 0 Å². The lowest BCUT2D eigenvalue weighted by Crippen LogP contribution is -1.87. The first-order valence-corrected chi connectivity index (χ1v) is 5.39. The summed E-state index contributed by atoms with van der Waals surface area (Å²) < 4.78 is 4.04. The Bertz CT molecular complexity index is 590. The van der Waals surface area contributed by atoms with E-state index in [-0.39, 0.29) is 0 Å². The third-order valence-electron chi connectivity index (χ3n) is 2.18. The second-order valence-electron chi connectivity index (χ2n) is 3.17. The summed E-state index contributed by atoms with van der Waals surface area (Å²) in [5.74, 6) is 0.738. The van der Waals surface area contributed by atoms with Gasteiger partial charge >= 0.3 is 0 Å². The molecule has 4 heteroatoms. The van der Waals surface area contributed by atoms with Crippen molar-refractivity contribution in [3.63, 3.8) is 0 Å². The molecule has 0 aliphatic carbocycles. The van der Waals surface area contributed by atoms with Gasteiger partial charge in [0, 0.05) is 22.5 Å². The highest BCUT2D eigenvalue weighted by Crippen LogP contribution is 2.18. The van der Waals surface area contributed by atoms with Crippen LogP contribution in [0, 0.1) is 0 Å². The van der Waals surface area contributed by atoms with E-state index in [1.807, 2.05) is 35.8 Å². The van der Waals surface area contributed by atoms with Crippen molar-refractivity contribution in [3.8, 4) is 11.4 Å².